The summed E-state index contributed by atoms with van der Waals surface area (Å²) in [5.41, 5.74) is 12.5. The maximum atomic E-state index is 6.51. The van der Waals surface area contributed by atoms with E-state index in [1.54, 1.807) is 0 Å². The van der Waals surface area contributed by atoms with Crippen LogP contribution in [0.1, 0.15) is 0 Å². The minimum atomic E-state index is 0.875. The topological polar surface area (TPSA) is 12.5 Å². The van der Waals surface area contributed by atoms with Gasteiger partial charge in [0.25, 0.3) is 0 Å². The molecule has 0 saturated carbocycles. The van der Waals surface area contributed by atoms with Crippen LogP contribution in [0.3, 0.4) is 0 Å². The van der Waals surface area contributed by atoms with E-state index in [1.165, 1.54) is 38.4 Å². The number of fused-ring (bicyclic) bond motifs is 3. The number of rotatable bonds is 6. The van der Waals surface area contributed by atoms with E-state index < -0.39 is 0 Å². The lowest BCUT2D eigenvalue weighted by atomic mass is 9.91. The molecule has 0 radical (unpaired) electrons. The fourth-order valence-electron chi connectivity index (χ4n) is 7.92. The first kappa shape index (κ1) is 30.0. The fourth-order valence-corrected chi connectivity index (χ4v) is 7.92. The van der Waals surface area contributed by atoms with Crippen LogP contribution in [0.15, 0.2) is 200 Å². The molecule has 52 heavy (non-hydrogen) atoms. The first-order chi connectivity index (χ1) is 25.8. The van der Waals surface area contributed by atoms with Crippen molar-refractivity contribution in [3.63, 3.8) is 0 Å². The highest BCUT2D eigenvalue weighted by Crippen LogP contribution is 2.51. The van der Waals surface area contributed by atoms with Crippen molar-refractivity contribution in [1.82, 2.24) is 0 Å². The van der Waals surface area contributed by atoms with E-state index in [0.29, 0.717) is 0 Å². The molecule has 0 fully saturated rings. The second-order valence-electron chi connectivity index (χ2n) is 13.3. The second-order valence-corrected chi connectivity index (χ2v) is 13.3. The number of para-hydroxylation sites is 3. The minimum Gasteiger partial charge on any atom is -0.456 e. The number of anilines is 3. The molecule has 0 aromatic heterocycles. The van der Waals surface area contributed by atoms with E-state index in [1.807, 2.05) is 0 Å². The Labute approximate surface area is 303 Å². The summed E-state index contributed by atoms with van der Waals surface area (Å²) in [6.07, 6.45) is 0. The number of ether oxygens (including phenoxy) is 1. The second kappa shape index (κ2) is 12.5. The Balaban J connectivity index is 1.23. The molecular weight excluding hydrogens is 631 g/mol. The molecule has 0 amide bonds. The molecule has 0 spiro atoms. The Kier molecular flexibility index (Phi) is 7.18. The first-order valence-electron chi connectivity index (χ1n) is 17.8. The van der Waals surface area contributed by atoms with Gasteiger partial charge in [-0.2, -0.15) is 0 Å². The molecule has 1 heterocycles. The van der Waals surface area contributed by atoms with E-state index in [4.69, 9.17) is 4.74 Å². The summed E-state index contributed by atoms with van der Waals surface area (Å²) in [7, 11) is 0. The van der Waals surface area contributed by atoms with E-state index in [2.05, 4.69) is 205 Å². The molecule has 0 unspecified atom stereocenters. The molecule has 2 nitrogen and oxygen atoms in total. The molecule has 1 aliphatic heterocycles. The largest absolute Gasteiger partial charge is 0.456 e. The van der Waals surface area contributed by atoms with Crippen LogP contribution in [0.4, 0.5) is 17.1 Å². The van der Waals surface area contributed by atoms with Gasteiger partial charge in [-0.05, 0) is 74.8 Å². The van der Waals surface area contributed by atoms with Gasteiger partial charge in [-0.25, -0.2) is 0 Å². The van der Waals surface area contributed by atoms with Crippen molar-refractivity contribution in [3.8, 4) is 56.0 Å². The average Bonchev–Trinajstić information content (AvgIpc) is 3.22. The molecule has 10 rings (SSSR count). The zero-order chi connectivity index (χ0) is 34.4. The van der Waals surface area contributed by atoms with Crippen LogP contribution in [-0.2, 0) is 0 Å². The summed E-state index contributed by atoms with van der Waals surface area (Å²) in [6.45, 7) is 0. The van der Waals surface area contributed by atoms with Gasteiger partial charge in [0.1, 0.15) is 11.5 Å². The molecule has 0 atom stereocenters. The number of hydrogen-bond donors (Lipinski definition) is 0. The normalized spacial score (nSPS) is 11.6. The standard InChI is InChI=1S/C50H33NO/c1-2-15-35(16-3-1)39-22-6-9-27-45(39)51(47-29-11-8-24-42(47)41-25-12-18-34-17-4-5-21-38(34)41)46-28-10-7-23-40(46)37-31-32-48-44(33-37)43-26-13-19-36-20-14-30-49(52-48)50(36)43/h1-33H. The zero-order valence-corrected chi connectivity index (χ0v) is 28.4. The van der Waals surface area contributed by atoms with Crippen molar-refractivity contribution < 1.29 is 4.74 Å². The fraction of sp³-hybridized carbons (Fsp3) is 0. The summed E-state index contributed by atoms with van der Waals surface area (Å²) in [5, 5.41) is 4.79. The van der Waals surface area contributed by atoms with Gasteiger partial charge in [0, 0.05) is 27.6 Å². The first-order valence-corrected chi connectivity index (χ1v) is 17.8. The van der Waals surface area contributed by atoms with E-state index in [0.717, 1.165) is 56.2 Å². The summed E-state index contributed by atoms with van der Waals surface area (Å²) < 4.78 is 6.51. The Morgan fingerprint density at radius 3 is 1.62 bits per heavy atom. The third-order valence-corrected chi connectivity index (χ3v) is 10.3. The SMILES string of the molecule is c1ccc(-c2ccccc2N(c2ccccc2-c2ccc3c(c2)-c2cccc4cccc(c24)O3)c2ccccc2-c2cccc3ccccc23)cc1. The maximum absolute atomic E-state index is 6.51. The van der Waals surface area contributed by atoms with Crippen molar-refractivity contribution in [2.45, 2.75) is 0 Å². The van der Waals surface area contributed by atoms with Crippen LogP contribution < -0.4 is 9.64 Å². The molecule has 9 aromatic rings. The molecule has 2 heteroatoms. The van der Waals surface area contributed by atoms with Crippen molar-refractivity contribution in [2.24, 2.45) is 0 Å². The lowest BCUT2D eigenvalue weighted by molar-refractivity contribution is 0.487. The van der Waals surface area contributed by atoms with Crippen LogP contribution in [0.2, 0.25) is 0 Å². The minimum absolute atomic E-state index is 0.875. The van der Waals surface area contributed by atoms with Gasteiger partial charge in [0.05, 0.1) is 17.1 Å². The Morgan fingerprint density at radius 1 is 0.308 bits per heavy atom. The van der Waals surface area contributed by atoms with Crippen molar-refractivity contribution in [3.05, 3.63) is 200 Å². The lowest BCUT2D eigenvalue weighted by Crippen LogP contribution is -2.13. The summed E-state index contributed by atoms with van der Waals surface area (Å²) in [4.78, 5) is 2.46. The molecule has 244 valence electrons. The Bertz CT molecular complexity index is 2770. The van der Waals surface area contributed by atoms with Gasteiger partial charge < -0.3 is 9.64 Å². The monoisotopic (exact) mass is 663 g/mol. The summed E-state index contributed by atoms with van der Waals surface area (Å²) in [5.74, 6) is 1.78. The Morgan fingerprint density at radius 2 is 0.846 bits per heavy atom. The molecular formula is C50H33NO. The van der Waals surface area contributed by atoms with Gasteiger partial charge in [-0.15, -0.1) is 0 Å². The van der Waals surface area contributed by atoms with Gasteiger partial charge in [-0.1, -0.05) is 164 Å². The third kappa shape index (κ3) is 4.96. The molecule has 0 saturated heterocycles. The Hall–Kier alpha value is -6.90. The van der Waals surface area contributed by atoms with Crippen molar-refractivity contribution in [1.29, 1.82) is 0 Å². The van der Waals surface area contributed by atoms with Crippen molar-refractivity contribution >= 4 is 38.6 Å². The average molecular weight is 664 g/mol. The number of hydrogen-bond acceptors (Lipinski definition) is 2. The summed E-state index contributed by atoms with van der Waals surface area (Å²) >= 11 is 0. The molecule has 0 N–H and O–H groups in total. The highest BCUT2D eigenvalue weighted by molar-refractivity contribution is 6.06. The third-order valence-electron chi connectivity index (χ3n) is 10.3. The molecule has 9 aromatic carbocycles. The van der Waals surface area contributed by atoms with E-state index >= 15 is 0 Å². The van der Waals surface area contributed by atoms with Crippen LogP contribution in [-0.4, -0.2) is 0 Å². The lowest BCUT2D eigenvalue weighted by Gasteiger charge is -2.32. The van der Waals surface area contributed by atoms with Crippen LogP contribution in [0, 0.1) is 0 Å². The number of nitrogens with zero attached hydrogens (tertiary/aromatic N) is 1. The van der Waals surface area contributed by atoms with Crippen LogP contribution >= 0.6 is 0 Å². The zero-order valence-electron chi connectivity index (χ0n) is 28.4. The van der Waals surface area contributed by atoms with Gasteiger partial charge in [0.15, 0.2) is 0 Å². The highest BCUT2D eigenvalue weighted by Gasteiger charge is 2.25. The molecule has 0 aliphatic carbocycles. The number of benzene rings is 9. The van der Waals surface area contributed by atoms with E-state index in [-0.39, 0.29) is 0 Å². The smallest absolute Gasteiger partial charge is 0.135 e. The van der Waals surface area contributed by atoms with Crippen LogP contribution in [0.5, 0.6) is 11.5 Å². The molecule has 1 aliphatic rings. The quantitative estimate of drug-likeness (QED) is 0.176. The van der Waals surface area contributed by atoms with Gasteiger partial charge in [-0.3, -0.25) is 0 Å². The predicted molar refractivity (Wildman–Crippen MR) is 218 cm³/mol. The van der Waals surface area contributed by atoms with E-state index in [9.17, 15) is 0 Å². The van der Waals surface area contributed by atoms with Gasteiger partial charge >= 0.3 is 0 Å². The van der Waals surface area contributed by atoms with Gasteiger partial charge in [0.2, 0.25) is 0 Å². The maximum Gasteiger partial charge on any atom is 0.135 e. The predicted octanol–water partition coefficient (Wildman–Crippen LogP) is 14.2. The highest BCUT2D eigenvalue weighted by atomic mass is 16.5. The van der Waals surface area contributed by atoms with Crippen molar-refractivity contribution in [2.75, 3.05) is 4.90 Å². The van der Waals surface area contributed by atoms with Crippen LogP contribution in [0.25, 0.3) is 66.1 Å². The molecule has 0 bridgehead atoms. The summed E-state index contributed by atoms with van der Waals surface area (Å²) in [6, 6.07) is 71.7.